The van der Waals surface area contributed by atoms with Crippen LogP contribution in [0.25, 0.3) is 0 Å². The maximum Gasteiger partial charge on any atom is 0.191 e. The first-order valence-electron chi connectivity index (χ1n) is 9.04. The number of benzene rings is 1. The molecule has 1 aliphatic carbocycles. The summed E-state index contributed by atoms with van der Waals surface area (Å²) >= 11 is 0. The van der Waals surface area contributed by atoms with Crippen molar-refractivity contribution in [1.82, 2.24) is 10.6 Å². The molecule has 25 heavy (non-hydrogen) atoms. The molecule has 138 valence electrons. The Morgan fingerprint density at radius 3 is 2.88 bits per heavy atom. The van der Waals surface area contributed by atoms with Crippen LogP contribution in [-0.4, -0.2) is 37.8 Å². The van der Waals surface area contributed by atoms with Gasteiger partial charge in [-0.3, -0.25) is 4.99 Å². The van der Waals surface area contributed by atoms with Crippen LogP contribution in [0.5, 0.6) is 0 Å². The summed E-state index contributed by atoms with van der Waals surface area (Å²) in [5.74, 6) is 0.196. The van der Waals surface area contributed by atoms with Gasteiger partial charge in [0.25, 0.3) is 0 Å². The lowest BCUT2D eigenvalue weighted by atomic mass is 9.57. The number of fused-ring (bicyclic) bond motifs is 1. The third-order valence-electron chi connectivity index (χ3n) is 5.40. The molecule has 0 radical (unpaired) electrons. The SMILES string of the molecule is CCNC(=NCCc1ccc(F)cc1F)NC1C2CCOC2C1(C)C. The third kappa shape index (κ3) is 3.64. The topological polar surface area (TPSA) is 45.7 Å². The molecular weight excluding hydrogens is 324 g/mol. The zero-order valence-electron chi connectivity index (χ0n) is 15.1. The molecule has 1 aromatic carbocycles. The minimum Gasteiger partial charge on any atom is -0.377 e. The van der Waals surface area contributed by atoms with Crippen LogP contribution in [0, 0.1) is 23.0 Å². The number of ether oxygens (including phenoxy) is 1. The molecule has 4 nitrogen and oxygen atoms in total. The highest BCUT2D eigenvalue weighted by atomic mass is 19.1. The molecule has 0 amide bonds. The van der Waals surface area contributed by atoms with Gasteiger partial charge in [-0.15, -0.1) is 0 Å². The second-order valence-corrected chi connectivity index (χ2v) is 7.43. The molecule has 2 fully saturated rings. The van der Waals surface area contributed by atoms with E-state index in [1.807, 2.05) is 6.92 Å². The van der Waals surface area contributed by atoms with E-state index in [2.05, 4.69) is 29.5 Å². The Hall–Kier alpha value is -1.69. The van der Waals surface area contributed by atoms with Crippen molar-refractivity contribution in [2.75, 3.05) is 19.7 Å². The van der Waals surface area contributed by atoms with Crippen molar-refractivity contribution >= 4 is 5.96 Å². The van der Waals surface area contributed by atoms with Gasteiger partial charge in [0.15, 0.2) is 5.96 Å². The van der Waals surface area contributed by atoms with Gasteiger partial charge in [-0.25, -0.2) is 8.78 Å². The fourth-order valence-electron chi connectivity index (χ4n) is 4.10. The second kappa shape index (κ2) is 7.28. The monoisotopic (exact) mass is 351 g/mol. The number of guanidine groups is 1. The van der Waals surface area contributed by atoms with Crippen LogP contribution in [0.2, 0.25) is 0 Å². The summed E-state index contributed by atoms with van der Waals surface area (Å²) < 4.78 is 32.5. The summed E-state index contributed by atoms with van der Waals surface area (Å²) in [5.41, 5.74) is 0.551. The summed E-state index contributed by atoms with van der Waals surface area (Å²) in [6.07, 6.45) is 1.83. The van der Waals surface area contributed by atoms with Crippen molar-refractivity contribution in [2.45, 2.75) is 45.8 Å². The first-order chi connectivity index (χ1) is 11.9. The van der Waals surface area contributed by atoms with E-state index in [0.717, 1.165) is 31.6 Å². The summed E-state index contributed by atoms with van der Waals surface area (Å²) in [6, 6.07) is 4.00. The van der Waals surface area contributed by atoms with Crippen LogP contribution in [-0.2, 0) is 11.2 Å². The Bertz CT molecular complexity index is 648. The van der Waals surface area contributed by atoms with Crippen LogP contribution in [0.15, 0.2) is 23.2 Å². The highest BCUT2D eigenvalue weighted by Crippen LogP contribution is 2.52. The van der Waals surface area contributed by atoms with Gasteiger partial charge >= 0.3 is 0 Å². The second-order valence-electron chi connectivity index (χ2n) is 7.43. The normalized spacial score (nSPS) is 27.6. The summed E-state index contributed by atoms with van der Waals surface area (Å²) in [7, 11) is 0. The van der Waals surface area contributed by atoms with E-state index in [9.17, 15) is 8.78 Å². The lowest BCUT2D eigenvalue weighted by molar-refractivity contribution is -0.106. The molecule has 1 saturated carbocycles. The molecule has 2 N–H and O–H groups in total. The predicted molar refractivity (Wildman–Crippen MR) is 94.6 cm³/mol. The molecule has 1 heterocycles. The van der Waals surface area contributed by atoms with E-state index in [4.69, 9.17) is 4.74 Å². The molecule has 3 unspecified atom stereocenters. The maximum atomic E-state index is 13.7. The van der Waals surface area contributed by atoms with Crippen molar-refractivity contribution in [2.24, 2.45) is 16.3 Å². The molecule has 0 spiro atoms. The smallest absolute Gasteiger partial charge is 0.191 e. The predicted octanol–water partition coefficient (Wildman–Crippen LogP) is 2.88. The van der Waals surface area contributed by atoms with Gasteiger partial charge < -0.3 is 15.4 Å². The third-order valence-corrected chi connectivity index (χ3v) is 5.40. The van der Waals surface area contributed by atoms with Gasteiger partial charge in [-0.1, -0.05) is 19.9 Å². The fraction of sp³-hybridized carbons (Fsp3) is 0.632. The van der Waals surface area contributed by atoms with E-state index in [-0.39, 0.29) is 5.41 Å². The first-order valence-corrected chi connectivity index (χ1v) is 9.04. The molecule has 1 aromatic rings. The summed E-state index contributed by atoms with van der Waals surface area (Å²) in [4.78, 5) is 4.57. The minimum absolute atomic E-state index is 0.0699. The average molecular weight is 351 g/mol. The molecule has 6 heteroatoms. The maximum absolute atomic E-state index is 13.7. The van der Waals surface area contributed by atoms with E-state index >= 15 is 0 Å². The number of halogens is 2. The molecule has 0 bridgehead atoms. The van der Waals surface area contributed by atoms with E-state index in [0.29, 0.717) is 36.6 Å². The lowest BCUT2D eigenvalue weighted by Gasteiger charge is -2.54. The number of rotatable bonds is 5. The van der Waals surface area contributed by atoms with Crippen LogP contribution in [0.3, 0.4) is 0 Å². The fourth-order valence-corrected chi connectivity index (χ4v) is 4.10. The first kappa shape index (κ1) is 18.1. The van der Waals surface area contributed by atoms with Crippen molar-refractivity contribution in [3.05, 3.63) is 35.4 Å². The van der Waals surface area contributed by atoms with Gasteiger partial charge in [0.2, 0.25) is 0 Å². The Kier molecular flexibility index (Phi) is 5.27. The highest BCUT2D eigenvalue weighted by Gasteiger charge is 2.59. The largest absolute Gasteiger partial charge is 0.377 e. The van der Waals surface area contributed by atoms with Crippen LogP contribution >= 0.6 is 0 Å². The van der Waals surface area contributed by atoms with E-state index in [1.54, 1.807) is 0 Å². The summed E-state index contributed by atoms with van der Waals surface area (Å²) in [5, 5.41) is 6.78. The number of nitrogens with one attached hydrogen (secondary N) is 2. The van der Waals surface area contributed by atoms with Gasteiger partial charge in [0.05, 0.1) is 6.10 Å². The molecule has 0 aromatic heterocycles. The number of nitrogens with zero attached hydrogens (tertiary/aromatic N) is 1. The van der Waals surface area contributed by atoms with Crippen LogP contribution in [0.4, 0.5) is 8.78 Å². The quantitative estimate of drug-likeness (QED) is 0.633. The average Bonchev–Trinajstić information content (AvgIpc) is 3.01. The van der Waals surface area contributed by atoms with Gasteiger partial charge in [0.1, 0.15) is 11.6 Å². The van der Waals surface area contributed by atoms with Gasteiger partial charge in [0, 0.05) is 43.1 Å². The molecule has 1 saturated heterocycles. The highest BCUT2D eigenvalue weighted by molar-refractivity contribution is 5.80. The Morgan fingerprint density at radius 1 is 1.36 bits per heavy atom. The summed E-state index contributed by atoms with van der Waals surface area (Å²) in [6.45, 7) is 8.48. The van der Waals surface area contributed by atoms with Crippen molar-refractivity contribution < 1.29 is 13.5 Å². The molecule has 3 atom stereocenters. The lowest BCUT2D eigenvalue weighted by Crippen LogP contribution is -2.68. The molecule has 1 aliphatic heterocycles. The van der Waals surface area contributed by atoms with Crippen LogP contribution in [0.1, 0.15) is 32.8 Å². The van der Waals surface area contributed by atoms with E-state index in [1.165, 1.54) is 12.1 Å². The Balaban J connectivity index is 1.61. The molecular formula is C19H27F2N3O. The number of hydrogen-bond donors (Lipinski definition) is 2. The van der Waals surface area contributed by atoms with Gasteiger partial charge in [-0.2, -0.15) is 0 Å². The standard InChI is InChI=1S/C19H27F2N3O/c1-4-22-18(23-9-7-12-5-6-13(20)11-15(12)21)24-16-14-8-10-25-17(14)19(16,2)3/h5-6,11,14,16-17H,4,7-10H2,1-3H3,(H2,22,23,24). The van der Waals surface area contributed by atoms with Crippen molar-refractivity contribution in [1.29, 1.82) is 0 Å². The zero-order chi connectivity index (χ0) is 18.0. The number of aliphatic imine (C=N–C) groups is 1. The Morgan fingerprint density at radius 2 is 2.16 bits per heavy atom. The minimum atomic E-state index is -0.555. The number of hydrogen-bond acceptors (Lipinski definition) is 2. The Labute approximate surface area is 148 Å². The zero-order valence-corrected chi connectivity index (χ0v) is 15.1. The van der Waals surface area contributed by atoms with Crippen molar-refractivity contribution in [3.8, 4) is 0 Å². The van der Waals surface area contributed by atoms with Crippen LogP contribution < -0.4 is 10.6 Å². The molecule has 2 aliphatic rings. The molecule has 3 rings (SSSR count). The van der Waals surface area contributed by atoms with E-state index < -0.39 is 11.6 Å². The van der Waals surface area contributed by atoms with Crippen molar-refractivity contribution in [3.63, 3.8) is 0 Å². The van der Waals surface area contributed by atoms with Gasteiger partial charge in [-0.05, 0) is 31.4 Å².